The molecule has 8 heteroatoms. The average Bonchev–Trinajstić information content (AvgIpc) is 3.06. The van der Waals surface area contributed by atoms with E-state index in [1.807, 2.05) is 0 Å². The van der Waals surface area contributed by atoms with Gasteiger partial charge in [0.1, 0.15) is 5.75 Å². The van der Waals surface area contributed by atoms with Gasteiger partial charge in [-0.25, -0.2) is 0 Å². The van der Waals surface area contributed by atoms with Gasteiger partial charge >= 0.3 is 11.8 Å². The number of ether oxygens (including phenoxy) is 1. The number of benzene rings is 1. The van der Waals surface area contributed by atoms with E-state index in [0.717, 1.165) is 0 Å². The van der Waals surface area contributed by atoms with Crippen LogP contribution in [0.25, 0.3) is 11.4 Å². The Bertz CT molecular complexity index is 836. The Morgan fingerprint density at radius 2 is 2.04 bits per heavy atom. The van der Waals surface area contributed by atoms with Crippen molar-refractivity contribution in [2.45, 2.75) is 0 Å². The third kappa shape index (κ3) is 3.29. The summed E-state index contributed by atoms with van der Waals surface area (Å²) in [5, 5.41) is 6.87. The Balaban J connectivity index is 1.82. The van der Waals surface area contributed by atoms with E-state index in [9.17, 15) is 4.79 Å². The first-order valence-electron chi connectivity index (χ1n) is 6.56. The molecule has 0 unspecified atom stereocenters. The highest BCUT2D eigenvalue weighted by Gasteiger charge is 2.18. The second kappa shape index (κ2) is 6.45. The molecule has 7 nitrogen and oxygen atoms in total. The quantitative estimate of drug-likeness (QED) is 0.790. The summed E-state index contributed by atoms with van der Waals surface area (Å²) in [6.07, 6.45) is 3.20. The third-order valence-corrected chi connectivity index (χ3v) is 3.20. The number of amides is 1. The normalized spacial score (nSPS) is 10.3. The van der Waals surface area contributed by atoms with Crippen molar-refractivity contribution in [3.8, 4) is 17.1 Å². The molecular formula is C15H11ClN4O3. The molecule has 2 heterocycles. The summed E-state index contributed by atoms with van der Waals surface area (Å²) in [5.41, 5.74) is 1.11. The number of carbonyl (C=O) groups excluding carboxylic acids is 1. The van der Waals surface area contributed by atoms with E-state index >= 15 is 0 Å². The van der Waals surface area contributed by atoms with Crippen molar-refractivity contribution >= 4 is 23.2 Å². The Kier molecular flexibility index (Phi) is 4.20. The van der Waals surface area contributed by atoms with Gasteiger partial charge in [0.15, 0.2) is 0 Å². The van der Waals surface area contributed by atoms with E-state index in [-0.39, 0.29) is 5.89 Å². The minimum Gasteiger partial charge on any atom is -0.495 e. The Hall–Kier alpha value is -2.93. The number of aromatic nitrogens is 3. The lowest BCUT2D eigenvalue weighted by atomic mass is 10.2. The number of nitrogens with one attached hydrogen (secondary N) is 1. The van der Waals surface area contributed by atoms with Gasteiger partial charge < -0.3 is 14.6 Å². The van der Waals surface area contributed by atoms with Crippen molar-refractivity contribution < 1.29 is 14.1 Å². The summed E-state index contributed by atoms with van der Waals surface area (Å²) >= 11 is 5.92. The number of hydrogen-bond acceptors (Lipinski definition) is 6. The van der Waals surface area contributed by atoms with Crippen molar-refractivity contribution in [3.63, 3.8) is 0 Å². The third-order valence-electron chi connectivity index (χ3n) is 2.97. The van der Waals surface area contributed by atoms with Crippen LogP contribution in [0, 0.1) is 0 Å². The SMILES string of the molecule is COc1ccc(Cl)cc1NC(=O)c1nc(-c2ccncc2)no1. The fourth-order valence-electron chi connectivity index (χ4n) is 1.89. The number of carbonyl (C=O) groups is 1. The van der Waals surface area contributed by atoms with Gasteiger partial charge in [-0.15, -0.1) is 0 Å². The van der Waals surface area contributed by atoms with Gasteiger partial charge in [0, 0.05) is 23.0 Å². The molecule has 1 aromatic carbocycles. The highest BCUT2D eigenvalue weighted by molar-refractivity contribution is 6.31. The zero-order valence-corrected chi connectivity index (χ0v) is 12.7. The van der Waals surface area contributed by atoms with Crippen LogP contribution >= 0.6 is 11.6 Å². The smallest absolute Gasteiger partial charge is 0.316 e. The highest BCUT2D eigenvalue weighted by atomic mass is 35.5. The molecule has 0 saturated carbocycles. The predicted molar refractivity (Wildman–Crippen MR) is 83.5 cm³/mol. The van der Waals surface area contributed by atoms with Crippen molar-refractivity contribution in [1.82, 2.24) is 15.1 Å². The first-order chi connectivity index (χ1) is 11.2. The maximum atomic E-state index is 12.2. The van der Waals surface area contributed by atoms with E-state index in [2.05, 4.69) is 20.4 Å². The number of methoxy groups -OCH3 is 1. The maximum absolute atomic E-state index is 12.2. The standard InChI is InChI=1S/C15H11ClN4O3/c1-22-12-3-2-10(16)8-11(12)18-14(21)15-19-13(20-23-15)9-4-6-17-7-5-9/h2-8H,1H3,(H,18,21). The summed E-state index contributed by atoms with van der Waals surface area (Å²) in [4.78, 5) is 20.2. The molecule has 0 atom stereocenters. The highest BCUT2D eigenvalue weighted by Crippen LogP contribution is 2.28. The zero-order chi connectivity index (χ0) is 16.2. The van der Waals surface area contributed by atoms with Crippen molar-refractivity contribution in [2.75, 3.05) is 12.4 Å². The molecule has 1 amide bonds. The average molecular weight is 331 g/mol. The molecule has 0 bridgehead atoms. The largest absolute Gasteiger partial charge is 0.495 e. The predicted octanol–water partition coefficient (Wildman–Crippen LogP) is 3.05. The molecule has 0 fully saturated rings. The van der Waals surface area contributed by atoms with Gasteiger partial charge in [-0.2, -0.15) is 4.98 Å². The Morgan fingerprint density at radius 3 is 2.78 bits per heavy atom. The molecule has 0 saturated heterocycles. The van der Waals surface area contributed by atoms with Gasteiger partial charge in [-0.3, -0.25) is 9.78 Å². The summed E-state index contributed by atoms with van der Waals surface area (Å²) in [6, 6.07) is 8.30. The second-order valence-electron chi connectivity index (χ2n) is 4.46. The van der Waals surface area contributed by atoms with Gasteiger partial charge in [0.25, 0.3) is 0 Å². The van der Waals surface area contributed by atoms with Crippen LogP contribution in [0.15, 0.2) is 47.2 Å². The van der Waals surface area contributed by atoms with Gasteiger partial charge in [0.2, 0.25) is 5.82 Å². The molecule has 0 radical (unpaired) electrons. The fourth-order valence-corrected chi connectivity index (χ4v) is 2.06. The fraction of sp³-hybridized carbons (Fsp3) is 0.0667. The van der Waals surface area contributed by atoms with Gasteiger partial charge in [0.05, 0.1) is 12.8 Å². The lowest BCUT2D eigenvalue weighted by Gasteiger charge is -2.08. The van der Waals surface area contributed by atoms with E-state index in [1.165, 1.54) is 7.11 Å². The van der Waals surface area contributed by atoms with Crippen molar-refractivity contribution in [1.29, 1.82) is 0 Å². The molecule has 0 spiro atoms. The second-order valence-corrected chi connectivity index (χ2v) is 4.89. The number of nitrogens with zero attached hydrogens (tertiary/aromatic N) is 3. The van der Waals surface area contributed by atoms with Crippen LogP contribution in [0.2, 0.25) is 5.02 Å². The first-order valence-corrected chi connectivity index (χ1v) is 6.94. The monoisotopic (exact) mass is 330 g/mol. The van der Waals surface area contributed by atoms with E-state index in [1.54, 1.807) is 42.7 Å². The molecule has 0 aliphatic carbocycles. The van der Waals surface area contributed by atoms with Crippen LogP contribution in [-0.2, 0) is 0 Å². The number of rotatable bonds is 4. The lowest BCUT2D eigenvalue weighted by molar-refractivity contribution is 0.0981. The summed E-state index contributed by atoms with van der Waals surface area (Å²) in [5.74, 6) is 0.0458. The lowest BCUT2D eigenvalue weighted by Crippen LogP contribution is -2.13. The maximum Gasteiger partial charge on any atom is 0.316 e. The van der Waals surface area contributed by atoms with Crippen molar-refractivity contribution in [2.24, 2.45) is 0 Å². The number of halogens is 1. The molecular weight excluding hydrogens is 320 g/mol. The number of pyridine rings is 1. The van der Waals surface area contributed by atoms with Crippen molar-refractivity contribution in [3.05, 3.63) is 53.6 Å². The van der Waals surface area contributed by atoms with Crippen LogP contribution in [0.4, 0.5) is 5.69 Å². The van der Waals surface area contributed by atoms with E-state index in [0.29, 0.717) is 27.8 Å². The van der Waals surface area contributed by atoms with E-state index < -0.39 is 5.91 Å². The first kappa shape index (κ1) is 15.0. The summed E-state index contributed by atoms with van der Waals surface area (Å²) in [6.45, 7) is 0. The minimum atomic E-state index is -0.557. The van der Waals surface area contributed by atoms with Crippen LogP contribution in [0.5, 0.6) is 5.75 Å². The van der Waals surface area contributed by atoms with Gasteiger partial charge in [-0.05, 0) is 30.3 Å². The molecule has 0 aliphatic rings. The van der Waals surface area contributed by atoms with Crippen LogP contribution < -0.4 is 10.1 Å². The number of hydrogen-bond donors (Lipinski definition) is 1. The molecule has 116 valence electrons. The molecule has 1 N–H and O–H groups in total. The number of anilines is 1. The van der Waals surface area contributed by atoms with Crippen LogP contribution in [0.3, 0.4) is 0 Å². The topological polar surface area (TPSA) is 90.1 Å². The summed E-state index contributed by atoms with van der Waals surface area (Å²) in [7, 11) is 1.49. The van der Waals surface area contributed by atoms with Gasteiger partial charge in [-0.1, -0.05) is 16.8 Å². The van der Waals surface area contributed by atoms with Crippen LogP contribution in [-0.4, -0.2) is 28.1 Å². The van der Waals surface area contributed by atoms with Crippen LogP contribution in [0.1, 0.15) is 10.7 Å². The van der Waals surface area contributed by atoms with E-state index in [4.69, 9.17) is 20.9 Å². The summed E-state index contributed by atoms with van der Waals surface area (Å²) < 4.78 is 10.2. The molecule has 23 heavy (non-hydrogen) atoms. The zero-order valence-electron chi connectivity index (χ0n) is 12.0. The molecule has 3 rings (SSSR count). The Labute approximate surface area is 136 Å². The minimum absolute atomic E-state index is 0.168. The molecule has 3 aromatic rings. The molecule has 0 aliphatic heterocycles. The molecule has 2 aromatic heterocycles. The Morgan fingerprint density at radius 1 is 1.26 bits per heavy atom.